The summed E-state index contributed by atoms with van der Waals surface area (Å²) in [7, 11) is 0. The third-order valence-electron chi connectivity index (χ3n) is 1.78. The molecule has 0 fully saturated rings. The molecule has 0 aliphatic carbocycles. The van der Waals surface area contributed by atoms with Crippen LogP contribution < -0.4 is 0 Å². The number of aromatic nitrogens is 2. The standard InChI is InChI=1S/C10H10N2OS/c1-7(13)6-14-10-11-8-4-2-3-5-9(8)12-10/h2-5H,6H2,1H3,(H,11,12). The first-order valence-electron chi connectivity index (χ1n) is 4.33. The van der Waals surface area contributed by atoms with Gasteiger partial charge in [-0.15, -0.1) is 0 Å². The van der Waals surface area contributed by atoms with Gasteiger partial charge >= 0.3 is 0 Å². The first-order chi connectivity index (χ1) is 6.75. The highest BCUT2D eigenvalue weighted by Crippen LogP contribution is 2.18. The van der Waals surface area contributed by atoms with Gasteiger partial charge in [-0.2, -0.15) is 0 Å². The van der Waals surface area contributed by atoms with Gasteiger partial charge in [0.25, 0.3) is 0 Å². The minimum Gasteiger partial charge on any atom is -0.333 e. The summed E-state index contributed by atoms with van der Waals surface area (Å²) < 4.78 is 0. The number of carbonyl (C=O) groups excluding carboxylic acids is 1. The van der Waals surface area contributed by atoms with Crippen LogP contribution >= 0.6 is 11.8 Å². The Morgan fingerprint density at radius 3 is 3.00 bits per heavy atom. The number of nitrogens with one attached hydrogen (secondary N) is 1. The summed E-state index contributed by atoms with van der Waals surface area (Å²) in [5.74, 6) is 0.635. The maximum Gasteiger partial charge on any atom is 0.166 e. The van der Waals surface area contributed by atoms with Gasteiger partial charge in [0.15, 0.2) is 5.16 Å². The number of imidazole rings is 1. The number of ketones is 1. The number of carbonyl (C=O) groups is 1. The van der Waals surface area contributed by atoms with Crippen LogP contribution in [0.2, 0.25) is 0 Å². The number of aromatic amines is 1. The van der Waals surface area contributed by atoms with E-state index in [1.54, 1.807) is 6.92 Å². The number of para-hydroxylation sites is 2. The quantitative estimate of drug-likeness (QED) is 0.783. The molecule has 0 amide bonds. The molecule has 0 saturated heterocycles. The molecule has 14 heavy (non-hydrogen) atoms. The molecule has 1 N–H and O–H groups in total. The maximum absolute atomic E-state index is 10.8. The number of rotatable bonds is 3. The van der Waals surface area contributed by atoms with Crippen molar-refractivity contribution in [3.8, 4) is 0 Å². The largest absolute Gasteiger partial charge is 0.333 e. The summed E-state index contributed by atoms with van der Waals surface area (Å²) >= 11 is 1.44. The van der Waals surface area contributed by atoms with E-state index in [0.717, 1.165) is 16.2 Å². The summed E-state index contributed by atoms with van der Waals surface area (Å²) in [6.45, 7) is 1.58. The maximum atomic E-state index is 10.8. The Bertz CT molecular complexity index is 431. The third kappa shape index (κ3) is 1.96. The fourth-order valence-electron chi connectivity index (χ4n) is 1.17. The molecule has 1 aromatic carbocycles. The molecule has 0 atom stereocenters. The van der Waals surface area contributed by atoms with E-state index >= 15 is 0 Å². The molecule has 0 saturated carbocycles. The number of nitrogens with zero attached hydrogens (tertiary/aromatic N) is 1. The van der Waals surface area contributed by atoms with E-state index in [1.807, 2.05) is 24.3 Å². The minimum atomic E-state index is 0.162. The average Bonchev–Trinajstić information content (AvgIpc) is 2.57. The Morgan fingerprint density at radius 2 is 2.29 bits per heavy atom. The van der Waals surface area contributed by atoms with E-state index in [9.17, 15) is 4.79 Å². The van der Waals surface area contributed by atoms with Gasteiger partial charge in [-0.25, -0.2) is 4.98 Å². The molecule has 1 aromatic heterocycles. The van der Waals surface area contributed by atoms with E-state index in [4.69, 9.17) is 0 Å². The molecular weight excluding hydrogens is 196 g/mol. The van der Waals surface area contributed by atoms with E-state index in [0.29, 0.717) is 5.75 Å². The van der Waals surface area contributed by atoms with E-state index in [-0.39, 0.29) is 5.78 Å². The van der Waals surface area contributed by atoms with Crippen LogP contribution in [-0.4, -0.2) is 21.5 Å². The van der Waals surface area contributed by atoms with Crippen molar-refractivity contribution in [3.05, 3.63) is 24.3 Å². The fraction of sp³-hybridized carbons (Fsp3) is 0.200. The van der Waals surface area contributed by atoms with Crippen molar-refractivity contribution in [3.63, 3.8) is 0 Å². The molecule has 0 spiro atoms. The lowest BCUT2D eigenvalue weighted by molar-refractivity contribution is -0.114. The number of thioether (sulfide) groups is 1. The Kier molecular flexibility index (Phi) is 2.54. The van der Waals surface area contributed by atoms with Gasteiger partial charge in [-0.3, -0.25) is 4.79 Å². The van der Waals surface area contributed by atoms with Crippen LogP contribution in [0.3, 0.4) is 0 Å². The van der Waals surface area contributed by atoms with Gasteiger partial charge in [0.05, 0.1) is 16.8 Å². The summed E-state index contributed by atoms with van der Waals surface area (Å²) in [6, 6.07) is 7.83. The number of hydrogen-bond acceptors (Lipinski definition) is 3. The van der Waals surface area contributed by atoms with Gasteiger partial charge in [0, 0.05) is 0 Å². The molecule has 2 rings (SSSR count). The molecular formula is C10H10N2OS. The molecule has 1 heterocycles. The van der Waals surface area contributed by atoms with E-state index in [1.165, 1.54) is 11.8 Å². The van der Waals surface area contributed by atoms with Crippen LogP contribution in [0.4, 0.5) is 0 Å². The normalized spacial score (nSPS) is 10.6. The summed E-state index contributed by atoms with van der Waals surface area (Å²) in [6.07, 6.45) is 0. The molecule has 0 bridgehead atoms. The van der Waals surface area contributed by atoms with Gasteiger partial charge in [0.2, 0.25) is 0 Å². The van der Waals surface area contributed by atoms with Crippen molar-refractivity contribution in [2.24, 2.45) is 0 Å². The zero-order valence-corrected chi connectivity index (χ0v) is 8.60. The second-order valence-corrected chi connectivity index (χ2v) is 4.01. The second-order valence-electron chi connectivity index (χ2n) is 3.05. The average molecular weight is 206 g/mol. The van der Waals surface area contributed by atoms with Crippen LogP contribution in [0, 0.1) is 0 Å². The number of fused-ring (bicyclic) bond motifs is 1. The predicted molar refractivity (Wildman–Crippen MR) is 57.5 cm³/mol. The lowest BCUT2D eigenvalue weighted by Crippen LogP contribution is -1.93. The van der Waals surface area contributed by atoms with E-state index in [2.05, 4.69) is 9.97 Å². The monoisotopic (exact) mass is 206 g/mol. The van der Waals surface area contributed by atoms with Crippen molar-refractivity contribution in [1.29, 1.82) is 0 Å². The molecule has 0 unspecified atom stereocenters. The van der Waals surface area contributed by atoms with Gasteiger partial charge in [-0.1, -0.05) is 23.9 Å². The summed E-state index contributed by atoms with van der Waals surface area (Å²) in [5, 5.41) is 0.807. The zero-order valence-electron chi connectivity index (χ0n) is 7.78. The second kappa shape index (κ2) is 3.84. The fourth-order valence-corrected chi connectivity index (χ4v) is 1.85. The van der Waals surface area contributed by atoms with Crippen molar-refractivity contribution in [2.45, 2.75) is 12.1 Å². The smallest absolute Gasteiger partial charge is 0.166 e. The van der Waals surface area contributed by atoms with Crippen LogP contribution in [-0.2, 0) is 4.79 Å². The topological polar surface area (TPSA) is 45.8 Å². The van der Waals surface area contributed by atoms with Crippen molar-refractivity contribution >= 4 is 28.6 Å². The van der Waals surface area contributed by atoms with Gasteiger partial charge in [0.1, 0.15) is 5.78 Å². The van der Waals surface area contributed by atoms with Crippen LogP contribution in [0.15, 0.2) is 29.4 Å². The first kappa shape index (κ1) is 9.27. The number of Topliss-reactive ketones (excluding diaryl/α,β-unsaturated/α-hetero) is 1. The highest BCUT2D eigenvalue weighted by atomic mass is 32.2. The summed E-state index contributed by atoms with van der Waals surface area (Å²) in [4.78, 5) is 18.3. The molecule has 0 aliphatic heterocycles. The highest BCUT2D eigenvalue weighted by Gasteiger charge is 2.03. The van der Waals surface area contributed by atoms with Gasteiger partial charge < -0.3 is 4.98 Å². The Morgan fingerprint density at radius 1 is 1.50 bits per heavy atom. The highest BCUT2D eigenvalue weighted by molar-refractivity contribution is 7.99. The van der Waals surface area contributed by atoms with Crippen molar-refractivity contribution in [2.75, 3.05) is 5.75 Å². The lowest BCUT2D eigenvalue weighted by Gasteiger charge is -1.90. The van der Waals surface area contributed by atoms with Crippen LogP contribution in [0.5, 0.6) is 0 Å². The van der Waals surface area contributed by atoms with Crippen LogP contribution in [0.25, 0.3) is 11.0 Å². The molecule has 2 aromatic rings. The predicted octanol–water partition coefficient (Wildman–Crippen LogP) is 2.24. The number of hydrogen-bond donors (Lipinski definition) is 1. The van der Waals surface area contributed by atoms with Gasteiger partial charge in [-0.05, 0) is 19.1 Å². The van der Waals surface area contributed by atoms with Crippen molar-refractivity contribution in [1.82, 2.24) is 9.97 Å². The lowest BCUT2D eigenvalue weighted by atomic mass is 10.3. The Balaban J connectivity index is 2.22. The number of H-pyrrole nitrogens is 1. The van der Waals surface area contributed by atoms with Crippen molar-refractivity contribution < 1.29 is 4.79 Å². The molecule has 72 valence electrons. The number of benzene rings is 1. The van der Waals surface area contributed by atoms with Crippen LogP contribution in [0.1, 0.15) is 6.92 Å². The first-order valence-corrected chi connectivity index (χ1v) is 5.31. The summed E-state index contributed by atoms with van der Waals surface area (Å²) in [5.41, 5.74) is 1.96. The minimum absolute atomic E-state index is 0.162. The molecule has 3 nitrogen and oxygen atoms in total. The third-order valence-corrected chi connectivity index (χ3v) is 2.80. The SMILES string of the molecule is CC(=O)CSc1nc2ccccc2[nH]1. The zero-order chi connectivity index (χ0) is 9.97. The molecule has 4 heteroatoms. The Hall–Kier alpha value is -1.29. The van der Waals surface area contributed by atoms with E-state index < -0.39 is 0 Å². The molecule has 0 radical (unpaired) electrons. The Labute approximate surface area is 85.9 Å². The molecule has 0 aliphatic rings.